The zero-order valence-corrected chi connectivity index (χ0v) is 17.9. The van der Waals surface area contributed by atoms with E-state index >= 15 is 0 Å². The number of nitrogens with one attached hydrogen (secondary N) is 1. The number of benzene rings is 2. The van der Waals surface area contributed by atoms with Gasteiger partial charge in [-0.1, -0.05) is 18.2 Å². The summed E-state index contributed by atoms with van der Waals surface area (Å²) in [7, 11) is -4.84. The zero-order chi connectivity index (χ0) is 22.1. The Morgan fingerprint density at radius 3 is 2.24 bits per heavy atom. The second kappa shape index (κ2) is 8.09. The molecule has 0 aromatic heterocycles. The second-order valence-corrected chi connectivity index (χ2v) is 10.6. The molecule has 0 spiro atoms. The van der Waals surface area contributed by atoms with E-state index in [-0.39, 0.29) is 27.3 Å². The van der Waals surface area contributed by atoms with Gasteiger partial charge >= 0.3 is 0 Å². The van der Waals surface area contributed by atoms with Gasteiger partial charge in [0.2, 0.25) is 26.0 Å². The third-order valence-electron chi connectivity index (χ3n) is 4.26. The molecule has 0 aliphatic rings. The van der Waals surface area contributed by atoms with Crippen LogP contribution in [0.5, 0.6) is 0 Å². The fraction of sp³-hybridized carbons (Fsp3) is 0.278. The third-order valence-corrected chi connectivity index (χ3v) is 6.70. The van der Waals surface area contributed by atoms with Crippen LogP contribution in [-0.4, -0.2) is 47.4 Å². The number of amides is 1. The summed E-state index contributed by atoms with van der Waals surface area (Å²) in [5.41, 5.74) is 6.48. The average Bonchev–Trinajstić information content (AvgIpc) is 2.59. The van der Waals surface area contributed by atoms with Gasteiger partial charge in [0.05, 0.1) is 17.9 Å². The number of hydrogen-bond donors (Lipinski definition) is 2. The summed E-state index contributed by atoms with van der Waals surface area (Å²) in [6, 6.07) is 8.12. The molecule has 1 amide bonds. The maximum atomic E-state index is 14.7. The van der Waals surface area contributed by atoms with E-state index in [4.69, 9.17) is 5.73 Å². The molecular weight excluding hydrogens is 421 g/mol. The fourth-order valence-corrected chi connectivity index (χ4v) is 4.16. The van der Waals surface area contributed by atoms with Crippen molar-refractivity contribution in [1.29, 1.82) is 0 Å². The van der Waals surface area contributed by atoms with Crippen LogP contribution in [0.1, 0.15) is 18.4 Å². The minimum atomic E-state index is -3.83. The molecule has 0 heterocycles. The fourth-order valence-electron chi connectivity index (χ4n) is 2.58. The highest BCUT2D eigenvalue weighted by atomic mass is 32.2. The molecule has 2 rings (SSSR count). The summed E-state index contributed by atoms with van der Waals surface area (Å²) in [6.45, 7) is 1.44. The number of sulfonamides is 2. The van der Waals surface area contributed by atoms with Gasteiger partial charge in [0.1, 0.15) is 10.7 Å². The average molecular weight is 444 g/mol. The van der Waals surface area contributed by atoms with Gasteiger partial charge in [0.15, 0.2) is 0 Å². The number of rotatable bonds is 6. The van der Waals surface area contributed by atoms with Crippen molar-refractivity contribution < 1.29 is 26.0 Å². The highest BCUT2D eigenvalue weighted by Crippen LogP contribution is 2.31. The molecule has 2 aromatic rings. The monoisotopic (exact) mass is 443 g/mol. The summed E-state index contributed by atoms with van der Waals surface area (Å²) < 4.78 is 64.8. The number of hydrogen-bond acceptors (Lipinski definition) is 6. The predicted octanol–water partition coefficient (Wildman–Crippen LogP) is 1.50. The quantitative estimate of drug-likeness (QED) is 0.652. The van der Waals surface area contributed by atoms with E-state index in [1.165, 1.54) is 51.4 Å². The van der Waals surface area contributed by atoms with Gasteiger partial charge in [-0.25, -0.2) is 25.5 Å². The van der Waals surface area contributed by atoms with E-state index in [2.05, 4.69) is 0 Å². The molecule has 158 valence electrons. The molecule has 11 heteroatoms. The van der Waals surface area contributed by atoms with Crippen LogP contribution < -0.4 is 10.5 Å². The number of anilines is 1. The first-order chi connectivity index (χ1) is 13.2. The molecule has 2 aromatic carbocycles. The van der Waals surface area contributed by atoms with Crippen molar-refractivity contribution >= 4 is 31.6 Å². The van der Waals surface area contributed by atoms with Gasteiger partial charge in [-0.05, 0) is 36.2 Å². The van der Waals surface area contributed by atoms with E-state index in [1.54, 1.807) is 0 Å². The van der Waals surface area contributed by atoms with E-state index in [0.29, 0.717) is 0 Å². The van der Waals surface area contributed by atoms with Crippen molar-refractivity contribution in [2.45, 2.75) is 17.7 Å². The largest absolute Gasteiger partial charge is 0.398 e. The van der Waals surface area contributed by atoms with Crippen LogP contribution in [0.15, 0.2) is 41.3 Å². The molecule has 0 radical (unpaired) electrons. The standard InChI is InChI=1S/C18H22FN3O5S2/c1-11(18(23)21-28(4,24)25)12-5-7-14(15(19)9-12)13-6-8-16(20)17(10-13)29(26,27)22(2)3/h5-11H,20H2,1-4H3,(H,21,23). The Bertz CT molecular complexity index is 1160. The Kier molecular flexibility index (Phi) is 6.36. The molecule has 0 aliphatic carbocycles. The number of nitrogen functional groups attached to an aromatic ring is 1. The van der Waals surface area contributed by atoms with E-state index in [9.17, 15) is 26.0 Å². The normalized spacial score (nSPS) is 13.3. The minimum Gasteiger partial charge on any atom is -0.398 e. The van der Waals surface area contributed by atoms with Gasteiger partial charge in [-0.3, -0.25) is 9.52 Å². The van der Waals surface area contributed by atoms with Gasteiger partial charge in [-0.15, -0.1) is 0 Å². The first kappa shape index (κ1) is 22.8. The maximum absolute atomic E-state index is 14.7. The minimum absolute atomic E-state index is 0.0329. The molecule has 0 saturated carbocycles. The molecule has 0 saturated heterocycles. The summed E-state index contributed by atoms with van der Waals surface area (Å²) in [4.78, 5) is 11.8. The first-order valence-corrected chi connectivity index (χ1v) is 11.7. The van der Waals surface area contributed by atoms with Gasteiger partial charge in [0, 0.05) is 19.7 Å². The van der Waals surface area contributed by atoms with E-state index < -0.39 is 37.7 Å². The maximum Gasteiger partial charge on any atom is 0.244 e. The Labute approximate surface area is 169 Å². The Morgan fingerprint density at radius 2 is 1.72 bits per heavy atom. The van der Waals surface area contributed by atoms with Crippen LogP contribution in [0.3, 0.4) is 0 Å². The molecule has 1 unspecified atom stereocenters. The van der Waals surface area contributed by atoms with E-state index in [0.717, 1.165) is 16.6 Å². The second-order valence-electron chi connectivity index (χ2n) is 6.74. The molecule has 0 aliphatic heterocycles. The Balaban J connectivity index is 2.45. The lowest BCUT2D eigenvalue weighted by molar-refractivity contribution is -0.120. The molecule has 8 nitrogen and oxygen atoms in total. The summed E-state index contributed by atoms with van der Waals surface area (Å²) in [5.74, 6) is -2.39. The van der Waals surface area contributed by atoms with Crippen LogP contribution in [0.4, 0.5) is 10.1 Å². The predicted molar refractivity (Wildman–Crippen MR) is 109 cm³/mol. The van der Waals surface area contributed by atoms with Crippen molar-refractivity contribution in [2.24, 2.45) is 0 Å². The molecular formula is C18H22FN3O5S2. The summed E-state index contributed by atoms with van der Waals surface area (Å²) >= 11 is 0. The van der Waals surface area contributed by atoms with Gasteiger partial charge in [0.25, 0.3) is 0 Å². The Morgan fingerprint density at radius 1 is 1.10 bits per heavy atom. The van der Waals surface area contributed by atoms with Crippen molar-refractivity contribution in [2.75, 3.05) is 26.1 Å². The topological polar surface area (TPSA) is 127 Å². The van der Waals surface area contributed by atoms with Crippen LogP contribution in [-0.2, 0) is 24.8 Å². The van der Waals surface area contributed by atoms with Gasteiger partial charge in [-0.2, -0.15) is 0 Å². The van der Waals surface area contributed by atoms with Crippen molar-refractivity contribution in [3.8, 4) is 11.1 Å². The molecule has 1 atom stereocenters. The molecule has 0 fully saturated rings. The smallest absolute Gasteiger partial charge is 0.244 e. The van der Waals surface area contributed by atoms with Crippen LogP contribution >= 0.6 is 0 Å². The number of nitrogens with two attached hydrogens (primary N) is 1. The highest BCUT2D eigenvalue weighted by Gasteiger charge is 2.23. The lowest BCUT2D eigenvalue weighted by atomic mass is 9.96. The number of carbonyl (C=O) groups excluding carboxylic acids is 1. The lowest BCUT2D eigenvalue weighted by Gasteiger charge is -2.16. The SMILES string of the molecule is CC(C(=O)NS(C)(=O)=O)c1ccc(-c2ccc(N)c(S(=O)(=O)N(C)C)c2)c(F)c1. The van der Waals surface area contributed by atoms with Crippen molar-refractivity contribution in [1.82, 2.24) is 9.03 Å². The number of halogens is 1. The van der Waals surface area contributed by atoms with Crippen molar-refractivity contribution in [3.05, 3.63) is 47.8 Å². The molecule has 29 heavy (non-hydrogen) atoms. The van der Waals surface area contributed by atoms with Crippen LogP contribution in [0.25, 0.3) is 11.1 Å². The highest BCUT2D eigenvalue weighted by molar-refractivity contribution is 7.89. The zero-order valence-electron chi connectivity index (χ0n) is 16.3. The molecule has 3 N–H and O–H groups in total. The summed E-state index contributed by atoms with van der Waals surface area (Å²) in [5, 5.41) is 0. The van der Waals surface area contributed by atoms with Crippen LogP contribution in [0, 0.1) is 5.82 Å². The van der Waals surface area contributed by atoms with Gasteiger partial charge < -0.3 is 5.73 Å². The third kappa shape index (κ3) is 5.11. The summed E-state index contributed by atoms with van der Waals surface area (Å²) in [6.07, 6.45) is 0.849. The molecule has 0 bridgehead atoms. The lowest BCUT2D eigenvalue weighted by Crippen LogP contribution is -2.32. The van der Waals surface area contributed by atoms with E-state index in [1.807, 2.05) is 4.72 Å². The number of nitrogens with zero attached hydrogens (tertiary/aromatic N) is 1. The first-order valence-electron chi connectivity index (χ1n) is 8.37. The van der Waals surface area contributed by atoms with Crippen LogP contribution in [0.2, 0.25) is 0 Å². The van der Waals surface area contributed by atoms with Crippen molar-refractivity contribution in [3.63, 3.8) is 0 Å². The number of carbonyl (C=O) groups is 1. The Hall–Kier alpha value is -2.50.